The van der Waals surface area contributed by atoms with Gasteiger partial charge in [-0.1, -0.05) is 12.2 Å². The lowest BCUT2D eigenvalue weighted by Gasteiger charge is -2.15. The van der Waals surface area contributed by atoms with Crippen molar-refractivity contribution in [2.75, 3.05) is 0 Å². The second-order valence-corrected chi connectivity index (χ2v) is 4.61. The van der Waals surface area contributed by atoms with Crippen LogP contribution in [0.5, 0.6) is 0 Å². The normalized spacial score (nSPS) is 23.3. The molecule has 0 aliphatic heterocycles. The summed E-state index contributed by atoms with van der Waals surface area (Å²) in [7, 11) is 1.74. The molecule has 7 nitrogen and oxygen atoms in total. The van der Waals surface area contributed by atoms with Crippen LogP contribution in [0.4, 0.5) is 0 Å². The molecule has 0 aromatic carbocycles. The molecule has 1 aromatic rings. The van der Waals surface area contributed by atoms with Crippen LogP contribution < -0.4 is 11.1 Å². The SMILES string of the molecule is Cn1cc(C(N)C(=O)NC2C=CC(C(=O)O)C2)cn1. The summed E-state index contributed by atoms with van der Waals surface area (Å²) in [4.78, 5) is 22.7. The van der Waals surface area contributed by atoms with Gasteiger partial charge in [-0.3, -0.25) is 14.3 Å². The Hall–Kier alpha value is -2.15. The zero-order valence-electron chi connectivity index (χ0n) is 10.5. The molecule has 1 aliphatic carbocycles. The monoisotopic (exact) mass is 264 g/mol. The largest absolute Gasteiger partial charge is 0.481 e. The van der Waals surface area contributed by atoms with E-state index in [-0.39, 0.29) is 11.9 Å². The fourth-order valence-corrected chi connectivity index (χ4v) is 2.01. The van der Waals surface area contributed by atoms with Crippen LogP contribution in [0.1, 0.15) is 18.0 Å². The van der Waals surface area contributed by atoms with Crippen LogP contribution in [0.15, 0.2) is 24.5 Å². The number of rotatable bonds is 4. The fourth-order valence-electron chi connectivity index (χ4n) is 2.01. The van der Waals surface area contributed by atoms with Gasteiger partial charge in [-0.15, -0.1) is 0 Å². The number of carbonyl (C=O) groups excluding carboxylic acids is 1. The number of carboxylic acid groups (broad SMARTS) is 1. The van der Waals surface area contributed by atoms with Gasteiger partial charge >= 0.3 is 5.97 Å². The number of aryl methyl sites for hydroxylation is 1. The van der Waals surface area contributed by atoms with Crippen molar-refractivity contribution in [3.63, 3.8) is 0 Å². The van der Waals surface area contributed by atoms with E-state index >= 15 is 0 Å². The Morgan fingerprint density at radius 2 is 2.32 bits per heavy atom. The third-order valence-electron chi connectivity index (χ3n) is 3.09. The quantitative estimate of drug-likeness (QED) is 0.639. The first-order valence-electron chi connectivity index (χ1n) is 5.93. The molecule has 102 valence electrons. The number of nitrogens with two attached hydrogens (primary N) is 1. The number of hydrogen-bond acceptors (Lipinski definition) is 4. The van der Waals surface area contributed by atoms with E-state index in [1.54, 1.807) is 30.1 Å². The Kier molecular flexibility index (Phi) is 3.66. The zero-order valence-corrected chi connectivity index (χ0v) is 10.5. The van der Waals surface area contributed by atoms with Gasteiger partial charge in [0.05, 0.1) is 12.1 Å². The molecule has 0 spiro atoms. The highest BCUT2D eigenvalue weighted by molar-refractivity contribution is 5.83. The van der Waals surface area contributed by atoms with Gasteiger partial charge in [0.1, 0.15) is 6.04 Å². The molecule has 1 aromatic heterocycles. The molecule has 0 bridgehead atoms. The lowest BCUT2D eigenvalue weighted by molar-refractivity contribution is -0.140. The van der Waals surface area contributed by atoms with Crippen LogP contribution >= 0.6 is 0 Å². The Morgan fingerprint density at radius 1 is 1.58 bits per heavy atom. The van der Waals surface area contributed by atoms with Crippen molar-refractivity contribution in [2.24, 2.45) is 18.7 Å². The average Bonchev–Trinajstić information content (AvgIpc) is 2.97. The molecule has 3 atom stereocenters. The highest BCUT2D eigenvalue weighted by atomic mass is 16.4. The number of nitrogens with one attached hydrogen (secondary N) is 1. The molecule has 0 radical (unpaired) electrons. The molecule has 1 aliphatic rings. The molecule has 0 saturated heterocycles. The molecule has 19 heavy (non-hydrogen) atoms. The van der Waals surface area contributed by atoms with Gasteiger partial charge < -0.3 is 16.2 Å². The maximum absolute atomic E-state index is 11.9. The van der Waals surface area contributed by atoms with E-state index in [9.17, 15) is 9.59 Å². The molecule has 0 fully saturated rings. The number of carboxylic acids is 1. The lowest BCUT2D eigenvalue weighted by Crippen LogP contribution is -2.39. The van der Waals surface area contributed by atoms with Gasteiger partial charge in [-0.2, -0.15) is 5.10 Å². The Balaban J connectivity index is 1.92. The van der Waals surface area contributed by atoms with Crippen LogP contribution in [0.3, 0.4) is 0 Å². The van der Waals surface area contributed by atoms with E-state index in [2.05, 4.69) is 10.4 Å². The Bertz CT molecular complexity index is 523. The van der Waals surface area contributed by atoms with Crippen molar-refractivity contribution >= 4 is 11.9 Å². The number of aromatic nitrogens is 2. The third kappa shape index (κ3) is 3.00. The lowest BCUT2D eigenvalue weighted by atomic mass is 10.1. The highest BCUT2D eigenvalue weighted by Crippen LogP contribution is 2.19. The van der Waals surface area contributed by atoms with Gasteiger partial charge in [-0.25, -0.2) is 0 Å². The van der Waals surface area contributed by atoms with Gasteiger partial charge in [0.15, 0.2) is 0 Å². The van der Waals surface area contributed by atoms with Gasteiger partial charge in [0.25, 0.3) is 0 Å². The van der Waals surface area contributed by atoms with Crippen LogP contribution in [-0.2, 0) is 16.6 Å². The number of aliphatic carboxylic acids is 1. The van der Waals surface area contributed by atoms with Gasteiger partial charge in [0.2, 0.25) is 5.91 Å². The molecule has 4 N–H and O–H groups in total. The van der Waals surface area contributed by atoms with Crippen LogP contribution in [0.25, 0.3) is 0 Å². The Labute approximate surface area is 110 Å². The van der Waals surface area contributed by atoms with Crippen molar-refractivity contribution in [1.82, 2.24) is 15.1 Å². The van der Waals surface area contributed by atoms with Gasteiger partial charge in [0, 0.05) is 24.8 Å². The van der Waals surface area contributed by atoms with Crippen molar-refractivity contribution in [3.05, 3.63) is 30.1 Å². The molecule has 2 rings (SSSR count). The van der Waals surface area contributed by atoms with Crippen molar-refractivity contribution in [3.8, 4) is 0 Å². The van der Waals surface area contributed by atoms with Crippen molar-refractivity contribution in [2.45, 2.75) is 18.5 Å². The molecular formula is C12H16N4O3. The number of carbonyl (C=O) groups is 2. The van der Waals surface area contributed by atoms with Gasteiger partial charge in [-0.05, 0) is 6.42 Å². The summed E-state index contributed by atoms with van der Waals surface area (Å²) >= 11 is 0. The predicted octanol–water partition coefficient (Wildman–Crippen LogP) is -0.435. The van der Waals surface area contributed by atoms with E-state index in [1.165, 1.54) is 6.20 Å². The molecule has 7 heteroatoms. The van der Waals surface area contributed by atoms with Crippen LogP contribution in [-0.4, -0.2) is 32.8 Å². The van der Waals surface area contributed by atoms with Crippen molar-refractivity contribution in [1.29, 1.82) is 0 Å². The topological polar surface area (TPSA) is 110 Å². The molecule has 1 heterocycles. The summed E-state index contributed by atoms with van der Waals surface area (Å²) in [6.07, 6.45) is 6.85. The summed E-state index contributed by atoms with van der Waals surface area (Å²) in [5.74, 6) is -1.77. The summed E-state index contributed by atoms with van der Waals surface area (Å²) in [6, 6.07) is -1.08. The highest BCUT2D eigenvalue weighted by Gasteiger charge is 2.27. The maximum atomic E-state index is 11.9. The summed E-state index contributed by atoms with van der Waals surface area (Å²) in [5.41, 5.74) is 6.44. The number of nitrogens with zero attached hydrogens (tertiary/aromatic N) is 2. The molecular weight excluding hydrogens is 248 g/mol. The number of amides is 1. The molecule has 0 saturated carbocycles. The number of hydrogen-bond donors (Lipinski definition) is 3. The van der Waals surface area contributed by atoms with Crippen LogP contribution in [0.2, 0.25) is 0 Å². The van der Waals surface area contributed by atoms with Crippen molar-refractivity contribution < 1.29 is 14.7 Å². The third-order valence-corrected chi connectivity index (χ3v) is 3.09. The minimum atomic E-state index is -0.885. The second-order valence-electron chi connectivity index (χ2n) is 4.61. The first kappa shape index (κ1) is 13.3. The maximum Gasteiger partial charge on any atom is 0.310 e. The van der Waals surface area contributed by atoms with E-state index in [0.29, 0.717) is 12.0 Å². The first-order valence-corrected chi connectivity index (χ1v) is 5.93. The second kappa shape index (κ2) is 5.23. The summed E-state index contributed by atoms with van der Waals surface area (Å²) in [6.45, 7) is 0. The van der Waals surface area contributed by atoms with Crippen LogP contribution in [0, 0.1) is 5.92 Å². The molecule has 3 unspecified atom stereocenters. The first-order chi connectivity index (χ1) is 8.97. The summed E-state index contributed by atoms with van der Waals surface area (Å²) < 4.78 is 1.57. The minimum Gasteiger partial charge on any atom is -0.481 e. The summed E-state index contributed by atoms with van der Waals surface area (Å²) in [5, 5.41) is 15.5. The zero-order chi connectivity index (χ0) is 14.0. The van der Waals surface area contributed by atoms with E-state index in [1.807, 2.05) is 0 Å². The minimum absolute atomic E-state index is 0.281. The smallest absolute Gasteiger partial charge is 0.310 e. The predicted molar refractivity (Wildman–Crippen MR) is 66.9 cm³/mol. The average molecular weight is 264 g/mol. The standard InChI is InChI=1S/C12H16N4O3/c1-16-6-8(5-14-16)10(13)11(17)15-9-3-2-7(4-9)12(18)19/h2-3,5-7,9-10H,4,13H2,1H3,(H,15,17)(H,18,19). The van der Waals surface area contributed by atoms with E-state index < -0.39 is 17.9 Å². The van der Waals surface area contributed by atoms with E-state index in [0.717, 1.165) is 0 Å². The Morgan fingerprint density at radius 3 is 2.84 bits per heavy atom. The molecule has 1 amide bonds. The van der Waals surface area contributed by atoms with E-state index in [4.69, 9.17) is 10.8 Å². The fraction of sp³-hybridized carbons (Fsp3) is 0.417.